The molecule has 108 valence electrons. The number of aryl methyl sites for hydroxylation is 2. The molecule has 0 saturated heterocycles. The molecule has 0 unspecified atom stereocenters. The SMILES string of the molecule is Cc1sc2nc(SCC(=O)OC(C)C)[nH]c(=O)c2c1C. The van der Waals surface area contributed by atoms with Crippen LogP contribution in [0.5, 0.6) is 0 Å². The molecule has 2 aromatic rings. The first-order valence-electron chi connectivity index (χ1n) is 6.20. The fraction of sp³-hybridized carbons (Fsp3) is 0.462. The Bertz CT molecular complexity index is 703. The van der Waals surface area contributed by atoms with Crippen molar-refractivity contribution < 1.29 is 9.53 Å². The Labute approximate surface area is 124 Å². The lowest BCUT2D eigenvalue weighted by Crippen LogP contribution is -2.14. The molecule has 0 radical (unpaired) electrons. The average molecular weight is 312 g/mol. The predicted molar refractivity (Wildman–Crippen MR) is 81.7 cm³/mol. The van der Waals surface area contributed by atoms with Gasteiger partial charge in [-0.05, 0) is 33.3 Å². The van der Waals surface area contributed by atoms with E-state index >= 15 is 0 Å². The van der Waals surface area contributed by atoms with Gasteiger partial charge < -0.3 is 9.72 Å². The summed E-state index contributed by atoms with van der Waals surface area (Å²) in [7, 11) is 0. The van der Waals surface area contributed by atoms with Crippen molar-refractivity contribution in [3.8, 4) is 0 Å². The molecule has 0 spiro atoms. The van der Waals surface area contributed by atoms with Crippen LogP contribution in [0.4, 0.5) is 0 Å². The smallest absolute Gasteiger partial charge is 0.316 e. The van der Waals surface area contributed by atoms with Crippen LogP contribution in [0, 0.1) is 13.8 Å². The summed E-state index contributed by atoms with van der Waals surface area (Å²) in [5.74, 6) is -0.179. The van der Waals surface area contributed by atoms with Crippen molar-refractivity contribution in [3.63, 3.8) is 0 Å². The molecule has 5 nitrogen and oxygen atoms in total. The summed E-state index contributed by atoms with van der Waals surface area (Å²) >= 11 is 2.67. The molecule has 0 bridgehead atoms. The quantitative estimate of drug-likeness (QED) is 0.534. The van der Waals surface area contributed by atoms with Crippen LogP contribution in [0.15, 0.2) is 9.95 Å². The summed E-state index contributed by atoms with van der Waals surface area (Å²) in [5.41, 5.74) is 0.811. The number of ether oxygens (including phenoxy) is 1. The van der Waals surface area contributed by atoms with Crippen molar-refractivity contribution >= 4 is 39.3 Å². The third kappa shape index (κ3) is 3.21. The molecule has 0 saturated carbocycles. The van der Waals surface area contributed by atoms with E-state index in [0.29, 0.717) is 15.4 Å². The lowest BCUT2D eigenvalue weighted by atomic mass is 10.2. The van der Waals surface area contributed by atoms with Crippen molar-refractivity contribution in [1.29, 1.82) is 0 Å². The molecule has 0 aliphatic heterocycles. The summed E-state index contributed by atoms with van der Waals surface area (Å²) < 4.78 is 5.04. The van der Waals surface area contributed by atoms with E-state index in [2.05, 4.69) is 9.97 Å². The first-order chi connectivity index (χ1) is 9.38. The highest BCUT2D eigenvalue weighted by molar-refractivity contribution is 7.99. The number of carbonyl (C=O) groups is 1. The van der Waals surface area contributed by atoms with E-state index in [4.69, 9.17) is 4.74 Å². The molecule has 2 rings (SSSR count). The fourth-order valence-corrected chi connectivity index (χ4v) is 3.46. The third-order valence-electron chi connectivity index (χ3n) is 2.71. The van der Waals surface area contributed by atoms with Gasteiger partial charge in [0.1, 0.15) is 4.83 Å². The van der Waals surface area contributed by atoms with Gasteiger partial charge >= 0.3 is 5.97 Å². The lowest BCUT2D eigenvalue weighted by Gasteiger charge is -2.06. The minimum absolute atomic E-state index is 0.135. The highest BCUT2D eigenvalue weighted by Crippen LogP contribution is 2.27. The second-order valence-corrected chi connectivity index (χ2v) is 6.83. The maximum atomic E-state index is 12.0. The Balaban J connectivity index is 2.20. The van der Waals surface area contributed by atoms with Crippen LogP contribution in [-0.4, -0.2) is 27.8 Å². The molecule has 2 aromatic heterocycles. The van der Waals surface area contributed by atoms with E-state index in [1.165, 1.54) is 23.1 Å². The van der Waals surface area contributed by atoms with Crippen LogP contribution in [0.25, 0.3) is 10.2 Å². The topological polar surface area (TPSA) is 72.0 Å². The monoisotopic (exact) mass is 312 g/mol. The highest BCUT2D eigenvalue weighted by Gasteiger charge is 2.13. The van der Waals surface area contributed by atoms with E-state index in [1.807, 2.05) is 13.8 Å². The standard InChI is InChI=1S/C13H16N2O3S2/c1-6(2)18-9(16)5-19-13-14-11(17)10-7(3)8(4)20-12(10)15-13/h6H,5H2,1-4H3,(H,14,15,17). The van der Waals surface area contributed by atoms with Crippen LogP contribution in [0.1, 0.15) is 24.3 Å². The van der Waals surface area contributed by atoms with Crippen molar-refractivity contribution in [2.24, 2.45) is 0 Å². The summed E-state index contributed by atoms with van der Waals surface area (Å²) in [5, 5.41) is 1.09. The summed E-state index contributed by atoms with van der Waals surface area (Å²) in [6, 6.07) is 0. The number of esters is 1. The number of thiophene rings is 1. The van der Waals surface area contributed by atoms with E-state index in [9.17, 15) is 9.59 Å². The number of aromatic amines is 1. The zero-order chi connectivity index (χ0) is 14.9. The number of aromatic nitrogens is 2. The van der Waals surface area contributed by atoms with Gasteiger partial charge in [-0.15, -0.1) is 11.3 Å². The third-order valence-corrected chi connectivity index (χ3v) is 4.66. The number of nitrogens with zero attached hydrogens (tertiary/aromatic N) is 1. The van der Waals surface area contributed by atoms with Gasteiger partial charge in [0.2, 0.25) is 0 Å². The van der Waals surface area contributed by atoms with Crippen LogP contribution >= 0.6 is 23.1 Å². The number of H-pyrrole nitrogens is 1. The van der Waals surface area contributed by atoms with Crippen molar-refractivity contribution in [1.82, 2.24) is 9.97 Å². The first kappa shape index (κ1) is 15.1. The van der Waals surface area contributed by atoms with E-state index in [0.717, 1.165) is 10.4 Å². The molecule has 0 atom stereocenters. The van der Waals surface area contributed by atoms with Gasteiger partial charge in [-0.3, -0.25) is 9.59 Å². The molecular weight excluding hydrogens is 296 g/mol. The molecule has 0 amide bonds. The normalized spacial score (nSPS) is 11.2. The van der Waals surface area contributed by atoms with Gasteiger partial charge in [-0.1, -0.05) is 11.8 Å². The Morgan fingerprint density at radius 3 is 2.80 bits per heavy atom. The number of carbonyl (C=O) groups excluding carboxylic acids is 1. The van der Waals surface area contributed by atoms with Crippen molar-refractivity contribution in [3.05, 3.63) is 20.8 Å². The molecule has 20 heavy (non-hydrogen) atoms. The fourth-order valence-electron chi connectivity index (χ4n) is 1.73. The van der Waals surface area contributed by atoms with Gasteiger partial charge in [-0.25, -0.2) is 4.98 Å². The maximum absolute atomic E-state index is 12.0. The second-order valence-electron chi connectivity index (χ2n) is 4.66. The number of thioether (sulfide) groups is 1. The Morgan fingerprint density at radius 1 is 1.45 bits per heavy atom. The summed E-state index contributed by atoms with van der Waals surface area (Å²) in [6.07, 6.45) is -0.139. The largest absolute Gasteiger partial charge is 0.462 e. The molecular formula is C13H16N2O3S2. The van der Waals surface area contributed by atoms with Gasteiger partial charge in [0.15, 0.2) is 5.16 Å². The van der Waals surface area contributed by atoms with E-state index in [1.54, 1.807) is 13.8 Å². The summed E-state index contributed by atoms with van der Waals surface area (Å²) in [4.78, 5) is 32.4. The summed E-state index contributed by atoms with van der Waals surface area (Å²) in [6.45, 7) is 7.48. The zero-order valence-electron chi connectivity index (χ0n) is 11.8. The number of hydrogen-bond acceptors (Lipinski definition) is 6. The van der Waals surface area contributed by atoms with Crippen LogP contribution in [0.3, 0.4) is 0 Å². The molecule has 0 aliphatic carbocycles. The van der Waals surface area contributed by atoms with E-state index < -0.39 is 0 Å². The molecule has 0 aromatic carbocycles. The lowest BCUT2D eigenvalue weighted by molar-refractivity contribution is -0.144. The van der Waals surface area contributed by atoms with Gasteiger partial charge in [-0.2, -0.15) is 0 Å². The van der Waals surface area contributed by atoms with Gasteiger partial charge in [0, 0.05) is 4.88 Å². The van der Waals surface area contributed by atoms with Crippen LogP contribution in [-0.2, 0) is 9.53 Å². The predicted octanol–water partition coefficient (Wildman–Crippen LogP) is 2.65. The first-order valence-corrected chi connectivity index (χ1v) is 8.01. The minimum atomic E-state index is -0.314. The number of nitrogens with one attached hydrogen (secondary N) is 1. The molecule has 1 N–H and O–H groups in total. The molecule has 7 heteroatoms. The van der Waals surface area contributed by atoms with E-state index in [-0.39, 0.29) is 23.4 Å². The second kappa shape index (κ2) is 5.97. The van der Waals surface area contributed by atoms with Crippen molar-refractivity contribution in [2.45, 2.75) is 39.0 Å². The molecule has 2 heterocycles. The Kier molecular flexibility index (Phi) is 4.49. The Hall–Kier alpha value is -1.34. The minimum Gasteiger partial charge on any atom is -0.462 e. The Morgan fingerprint density at radius 2 is 2.15 bits per heavy atom. The van der Waals surface area contributed by atoms with Crippen LogP contribution in [0.2, 0.25) is 0 Å². The molecule has 0 aliphatic rings. The number of fused-ring (bicyclic) bond motifs is 1. The molecule has 0 fully saturated rings. The maximum Gasteiger partial charge on any atom is 0.316 e. The highest BCUT2D eigenvalue weighted by atomic mass is 32.2. The van der Waals surface area contributed by atoms with Crippen LogP contribution < -0.4 is 5.56 Å². The van der Waals surface area contributed by atoms with Gasteiger partial charge in [0.05, 0.1) is 17.2 Å². The number of rotatable bonds is 4. The van der Waals surface area contributed by atoms with Gasteiger partial charge in [0.25, 0.3) is 5.56 Å². The van der Waals surface area contributed by atoms with Crippen molar-refractivity contribution in [2.75, 3.05) is 5.75 Å². The average Bonchev–Trinajstić information content (AvgIpc) is 2.62. The zero-order valence-corrected chi connectivity index (χ0v) is 13.4. The number of hydrogen-bond donors (Lipinski definition) is 1.